The van der Waals surface area contributed by atoms with Crippen molar-refractivity contribution in [2.45, 2.75) is 38.1 Å². The lowest BCUT2D eigenvalue weighted by molar-refractivity contribution is -0.958. The van der Waals surface area contributed by atoms with Gasteiger partial charge in [-0.2, -0.15) is 0 Å². The third kappa shape index (κ3) is 6.31. The van der Waals surface area contributed by atoms with Crippen molar-refractivity contribution in [2.75, 3.05) is 73.2 Å². The molecule has 2 fully saturated rings. The molecule has 2 N–H and O–H groups in total. The molecule has 1 amide bonds. The van der Waals surface area contributed by atoms with Crippen LogP contribution in [0.4, 0.5) is 0 Å². The largest absolute Gasteiger partial charge is 0.383 e. The fourth-order valence-electron chi connectivity index (χ4n) is 4.12. The van der Waals surface area contributed by atoms with Crippen molar-refractivity contribution in [3.63, 3.8) is 0 Å². The minimum absolute atomic E-state index is 0.239. The molecule has 6 heteroatoms. The van der Waals surface area contributed by atoms with Crippen molar-refractivity contribution in [3.05, 3.63) is 0 Å². The Balaban J connectivity index is 1.73. The number of methoxy groups -OCH3 is 2. The zero-order chi connectivity index (χ0) is 17.2. The second-order valence-electron chi connectivity index (χ2n) is 7.29. The number of hydrogen-bond acceptors (Lipinski definition) is 3. The van der Waals surface area contributed by atoms with Crippen LogP contribution in [0.25, 0.3) is 0 Å². The summed E-state index contributed by atoms with van der Waals surface area (Å²) < 4.78 is 10.3. The SMILES string of the molecule is COCCN(CCOC)C(=O)C[NH+]1CCC([NH+]2CCCCC2)CC1. The predicted octanol–water partition coefficient (Wildman–Crippen LogP) is -1.78. The van der Waals surface area contributed by atoms with E-state index in [1.807, 2.05) is 9.80 Å². The highest BCUT2D eigenvalue weighted by Crippen LogP contribution is 2.01. The third-order valence-electron chi connectivity index (χ3n) is 5.65. The lowest BCUT2D eigenvalue weighted by Gasteiger charge is -2.36. The summed E-state index contributed by atoms with van der Waals surface area (Å²) in [5.41, 5.74) is 0. The molecule has 0 aromatic heterocycles. The highest BCUT2D eigenvalue weighted by atomic mass is 16.5. The number of carbonyl (C=O) groups is 1. The molecule has 2 aliphatic heterocycles. The first-order valence-corrected chi connectivity index (χ1v) is 9.68. The smallest absolute Gasteiger partial charge is 0.277 e. The van der Waals surface area contributed by atoms with Crippen molar-refractivity contribution in [1.29, 1.82) is 0 Å². The fourth-order valence-corrected chi connectivity index (χ4v) is 4.12. The summed E-state index contributed by atoms with van der Waals surface area (Å²) >= 11 is 0. The van der Waals surface area contributed by atoms with E-state index < -0.39 is 0 Å². The van der Waals surface area contributed by atoms with Crippen LogP contribution in [0.5, 0.6) is 0 Å². The van der Waals surface area contributed by atoms with Gasteiger partial charge in [0.2, 0.25) is 0 Å². The normalized spacial score (nSPS) is 25.6. The number of amides is 1. The number of rotatable bonds is 9. The van der Waals surface area contributed by atoms with E-state index >= 15 is 0 Å². The summed E-state index contributed by atoms with van der Waals surface area (Å²) in [4.78, 5) is 17.8. The summed E-state index contributed by atoms with van der Waals surface area (Å²) in [6.45, 7) is 8.12. The van der Waals surface area contributed by atoms with Gasteiger partial charge in [0.15, 0.2) is 6.54 Å². The molecular weight excluding hydrogens is 306 g/mol. The Labute approximate surface area is 147 Å². The second kappa shape index (κ2) is 11.0. The van der Waals surface area contributed by atoms with Gasteiger partial charge in [-0.05, 0) is 19.3 Å². The Morgan fingerprint density at radius 3 is 2.08 bits per heavy atom. The Hall–Kier alpha value is -0.690. The van der Waals surface area contributed by atoms with E-state index in [2.05, 4.69) is 0 Å². The Morgan fingerprint density at radius 1 is 0.958 bits per heavy atom. The number of hydrogen-bond donors (Lipinski definition) is 2. The number of ether oxygens (including phenoxy) is 2. The van der Waals surface area contributed by atoms with E-state index in [9.17, 15) is 4.79 Å². The Bertz CT molecular complexity index is 345. The highest BCUT2D eigenvalue weighted by Gasteiger charge is 2.32. The fraction of sp³-hybridized carbons (Fsp3) is 0.944. The first kappa shape index (κ1) is 19.6. The Kier molecular flexibility index (Phi) is 9.02. The van der Waals surface area contributed by atoms with Crippen LogP contribution >= 0.6 is 0 Å². The van der Waals surface area contributed by atoms with Gasteiger partial charge in [0, 0.05) is 40.2 Å². The van der Waals surface area contributed by atoms with E-state index in [-0.39, 0.29) is 5.91 Å². The van der Waals surface area contributed by atoms with Crippen LogP contribution in [0.2, 0.25) is 0 Å². The molecule has 2 aliphatic rings. The van der Waals surface area contributed by atoms with E-state index in [1.165, 1.54) is 50.1 Å². The van der Waals surface area contributed by atoms with Crippen molar-refractivity contribution in [3.8, 4) is 0 Å². The van der Waals surface area contributed by atoms with Gasteiger partial charge in [-0.25, -0.2) is 0 Å². The number of piperidine rings is 2. The second-order valence-corrected chi connectivity index (χ2v) is 7.29. The molecule has 140 valence electrons. The zero-order valence-corrected chi connectivity index (χ0v) is 15.6. The van der Waals surface area contributed by atoms with Gasteiger partial charge in [0.05, 0.1) is 45.4 Å². The molecule has 0 atom stereocenters. The van der Waals surface area contributed by atoms with E-state index in [0.29, 0.717) is 32.8 Å². The average Bonchev–Trinajstić information content (AvgIpc) is 2.63. The van der Waals surface area contributed by atoms with Crippen molar-refractivity contribution in [2.24, 2.45) is 0 Å². The Morgan fingerprint density at radius 2 is 1.54 bits per heavy atom. The standard InChI is InChI=1S/C18H35N3O3/c1-23-14-12-21(13-15-24-2)18(22)16-19-10-6-17(7-11-19)20-8-4-3-5-9-20/h17H,3-16H2,1-2H3/p+2. The first-order valence-electron chi connectivity index (χ1n) is 9.68. The number of likely N-dealkylation sites (tertiary alicyclic amines) is 2. The topological polar surface area (TPSA) is 47.6 Å². The summed E-state index contributed by atoms with van der Waals surface area (Å²) in [6, 6.07) is 0.835. The molecule has 24 heavy (non-hydrogen) atoms. The molecule has 2 saturated heterocycles. The van der Waals surface area contributed by atoms with Crippen LogP contribution in [0.15, 0.2) is 0 Å². The summed E-state index contributed by atoms with van der Waals surface area (Å²) in [5, 5.41) is 0. The average molecular weight is 344 g/mol. The maximum absolute atomic E-state index is 12.6. The van der Waals surface area contributed by atoms with Crippen molar-refractivity contribution < 1.29 is 24.1 Å². The molecule has 0 saturated carbocycles. The van der Waals surface area contributed by atoms with Crippen LogP contribution in [-0.2, 0) is 14.3 Å². The first-order chi connectivity index (χ1) is 11.7. The maximum atomic E-state index is 12.6. The number of quaternary nitrogens is 2. The van der Waals surface area contributed by atoms with Gasteiger partial charge >= 0.3 is 0 Å². The molecule has 0 aromatic carbocycles. The molecule has 0 unspecified atom stereocenters. The lowest BCUT2D eigenvalue weighted by atomic mass is 10.00. The predicted molar refractivity (Wildman–Crippen MR) is 93.5 cm³/mol. The minimum Gasteiger partial charge on any atom is -0.383 e. The molecule has 6 nitrogen and oxygen atoms in total. The summed E-state index contributed by atoms with van der Waals surface area (Å²) in [6.07, 6.45) is 6.76. The number of nitrogens with one attached hydrogen (secondary N) is 2. The van der Waals surface area contributed by atoms with Crippen LogP contribution in [0, 0.1) is 0 Å². The van der Waals surface area contributed by atoms with Gasteiger partial charge in [-0.15, -0.1) is 0 Å². The number of nitrogens with zero attached hydrogens (tertiary/aromatic N) is 1. The van der Waals surface area contributed by atoms with Crippen LogP contribution < -0.4 is 9.80 Å². The van der Waals surface area contributed by atoms with Gasteiger partial charge in [-0.1, -0.05) is 0 Å². The van der Waals surface area contributed by atoms with Gasteiger partial charge < -0.3 is 24.2 Å². The quantitative estimate of drug-likeness (QED) is 0.521. The lowest BCUT2D eigenvalue weighted by Crippen LogP contribution is -3.21. The third-order valence-corrected chi connectivity index (χ3v) is 5.65. The highest BCUT2D eigenvalue weighted by molar-refractivity contribution is 5.77. The van der Waals surface area contributed by atoms with E-state index in [1.54, 1.807) is 14.2 Å². The minimum atomic E-state index is 0.239. The van der Waals surface area contributed by atoms with Crippen molar-refractivity contribution in [1.82, 2.24) is 4.90 Å². The van der Waals surface area contributed by atoms with Crippen molar-refractivity contribution >= 4 is 5.91 Å². The molecule has 2 heterocycles. The molecule has 0 radical (unpaired) electrons. The molecule has 0 bridgehead atoms. The molecule has 0 aliphatic carbocycles. The van der Waals surface area contributed by atoms with Gasteiger partial charge in [0.1, 0.15) is 0 Å². The van der Waals surface area contributed by atoms with E-state index in [4.69, 9.17) is 9.47 Å². The molecular formula is C18H37N3O3+2. The maximum Gasteiger partial charge on any atom is 0.277 e. The molecule has 0 spiro atoms. The molecule has 2 rings (SSSR count). The van der Waals surface area contributed by atoms with Crippen LogP contribution in [0.3, 0.4) is 0 Å². The number of carbonyl (C=O) groups excluding carboxylic acids is 1. The molecule has 0 aromatic rings. The van der Waals surface area contributed by atoms with E-state index in [0.717, 1.165) is 19.1 Å². The zero-order valence-electron chi connectivity index (χ0n) is 15.6. The van der Waals surface area contributed by atoms with Crippen LogP contribution in [0.1, 0.15) is 32.1 Å². The monoisotopic (exact) mass is 343 g/mol. The van der Waals surface area contributed by atoms with Crippen LogP contribution in [-0.4, -0.2) is 90.1 Å². The van der Waals surface area contributed by atoms with Gasteiger partial charge in [0.25, 0.3) is 5.91 Å². The van der Waals surface area contributed by atoms with Gasteiger partial charge in [-0.3, -0.25) is 4.79 Å². The summed E-state index contributed by atoms with van der Waals surface area (Å²) in [5.74, 6) is 0.239. The summed E-state index contributed by atoms with van der Waals surface area (Å²) in [7, 11) is 3.36.